The molecule has 86 valence electrons. The number of hydrogen-bond donors (Lipinski definition) is 2. The summed E-state index contributed by atoms with van der Waals surface area (Å²) >= 11 is 0. The van der Waals surface area contributed by atoms with Gasteiger partial charge in [-0.25, -0.2) is 4.79 Å². The molecule has 1 amide bonds. The van der Waals surface area contributed by atoms with E-state index < -0.39 is 17.8 Å². The first-order valence-corrected chi connectivity index (χ1v) is 6.85. The van der Waals surface area contributed by atoms with Crippen LogP contribution in [0.4, 0.5) is 4.79 Å². The Bertz CT molecular complexity index is 269. The molecule has 15 heavy (non-hydrogen) atoms. The molecule has 1 atom stereocenters. The summed E-state index contributed by atoms with van der Waals surface area (Å²) in [5.41, 5.74) is -0.502. The van der Waals surface area contributed by atoms with Gasteiger partial charge in [0.1, 0.15) is 0 Å². The van der Waals surface area contributed by atoms with Gasteiger partial charge < -0.3 is 15.2 Å². The van der Waals surface area contributed by atoms with Crippen molar-refractivity contribution in [2.24, 2.45) is 5.41 Å². The van der Waals surface area contributed by atoms with Crippen LogP contribution >= 0.6 is 21.6 Å². The fourth-order valence-corrected chi connectivity index (χ4v) is 3.61. The fraction of sp³-hybridized carbons (Fsp3) is 0.750. The summed E-state index contributed by atoms with van der Waals surface area (Å²) in [4.78, 5) is 22.0. The molecular formula is C8H13NO4S2. The topological polar surface area (TPSA) is 75.6 Å². The first kappa shape index (κ1) is 12.5. The number of ether oxygens (including phenoxy) is 1. The van der Waals surface area contributed by atoms with Gasteiger partial charge in [0.2, 0.25) is 5.91 Å². The molecule has 1 rings (SSSR count). The van der Waals surface area contributed by atoms with Crippen LogP contribution < -0.4 is 5.32 Å². The lowest BCUT2D eigenvalue weighted by atomic mass is 9.95. The molecule has 1 fully saturated rings. The van der Waals surface area contributed by atoms with Gasteiger partial charge in [-0.2, -0.15) is 0 Å². The molecule has 7 heteroatoms. The monoisotopic (exact) mass is 251 g/mol. The molecular weight excluding hydrogens is 238 g/mol. The maximum absolute atomic E-state index is 11.7. The van der Waals surface area contributed by atoms with Crippen molar-refractivity contribution >= 4 is 33.7 Å². The predicted octanol–water partition coefficient (Wildman–Crippen LogP) is 1.54. The third-order valence-electron chi connectivity index (χ3n) is 1.87. The molecule has 1 heterocycles. The minimum absolute atomic E-state index is 0.179. The van der Waals surface area contributed by atoms with Crippen molar-refractivity contribution in [3.8, 4) is 0 Å². The summed E-state index contributed by atoms with van der Waals surface area (Å²) < 4.78 is 4.54. The maximum Gasteiger partial charge on any atom is 0.507 e. The zero-order valence-electron chi connectivity index (χ0n) is 8.48. The number of carbonyl (C=O) groups is 2. The molecule has 0 saturated carbocycles. The standard InChI is InChI=1S/C8H13NO4S2/c1-8(2)4-15-14-3-5(9-6(8)10)13-7(11)12/h5H,3-4H2,1-2H3,(H,9,10)(H,11,12). The van der Waals surface area contributed by atoms with E-state index >= 15 is 0 Å². The van der Waals surface area contributed by atoms with Gasteiger partial charge in [-0.3, -0.25) is 4.79 Å². The Hall–Kier alpha value is -0.560. The van der Waals surface area contributed by atoms with Gasteiger partial charge >= 0.3 is 6.16 Å². The maximum atomic E-state index is 11.7. The number of hydrogen-bond acceptors (Lipinski definition) is 5. The number of nitrogens with one attached hydrogen (secondary N) is 1. The second-order valence-corrected chi connectivity index (χ2v) is 6.28. The minimum Gasteiger partial charge on any atom is -0.450 e. The van der Waals surface area contributed by atoms with Crippen molar-refractivity contribution in [3.05, 3.63) is 0 Å². The lowest BCUT2D eigenvalue weighted by molar-refractivity contribution is -0.131. The summed E-state index contributed by atoms with van der Waals surface area (Å²) in [6.07, 6.45) is -2.13. The van der Waals surface area contributed by atoms with E-state index in [1.54, 1.807) is 10.8 Å². The van der Waals surface area contributed by atoms with E-state index in [-0.39, 0.29) is 5.91 Å². The molecule has 1 unspecified atom stereocenters. The van der Waals surface area contributed by atoms with Crippen LogP contribution in [0, 0.1) is 5.41 Å². The van der Waals surface area contributed by atoms with Gasteiger partial charge in [0.05, 0.1) is 11.2 Å². The summed E-state index contributed by atoms with van der Waals surface area (Å²) in [7, 11) is 3.05. The van der Waals surface area contributed by atoms with E-state index in [1.807, 2.05) is 13.8 Å². The molecule has 0 bridgehead atoms. The second-order valence-electron chi connectivity index (χ2n) is 3.78. The Kier molecular flexibility index (Phi) is 4.15. The summed E-state index contributed by atoms with van der Waals surface area (Å²) in [5.74, 6) is 0.948. The van der Waals surface area contributed by atoms with E-state index in [9.17, 15) is 9.59 Å². The SMILES string of the molecule is CC1(C)CSSCC(OC(=O)O)NC1=O. The normalized spacial score (nSPS) is 26.0. The van der Waals surface area contributed by atoms with Crippen LogP contribution in [0.15, 0.2) is 0 Å². The average molecular weight is 251 g/mol. The van der Waals surface area contributed by atoms with E-state index in [1.165, 1.54) is 10.8 Å². The number of carbonyl (C=O) groups excluding carboxylic acids is 1. The van der Waals surface area contributed by atoms with Crippen LogP contribution in [0.25, 0.3) is 0 Å². The van der Waals surface area contributed by atoms with Crippen molar-refractivity contribution in [2.45, 2.75) is 20.1 Å². The number of rotatable bonds is 1. The molecule has 5 nitrogen and oxygen atoms in total. The molecule has 1 aliphatic heterocycles. The molecule has 0 aliphatic carbocycles. The van der Waals surface area contributed by atoms with E-state index in [2.05, 4.69) is 10.1 Å². The predicted molar refractivity (Wildman–Crippen MR) is 59.7 cm³/mol. The molecule has 0 aromatic rings. The first-order valence-electron chi connectivity index (χ1n) is 4.37. The highest BCUT2D eigenvalue weighted by Crippen LogP contribution is 2.32. The highest BCUT2D eigenvalue weighted by atomic mass is 33.1. The molecule has 1 aliphatic rings. The van der Waals surface area contributed by atoms with Gasteiger partial charge in [0.25, 0.3) is 0 Å². The highest BCUT2D eigenvalue weighted by Gasteiger charge is 2.32. The van der Waals surface area contributed by atoms with Crippen molar-refractivity contribution < 1.29 is 19.4 Å². The highest BCUT2D eigenvalue weighted by molar-refractivity contribution is 8.76. The smallest absolute Gasteiger partial charge is 0.450 e. The summed E-state index contributed by atoms with van der Waals surface area (Å²) in [5, 5.41) is 11.0. The Morgan fingerprint density at radius 1 is 1.60 bits per heavy atom. The summed E-state index contributed by atoms with van der Waals surface area (Å²) in [6, 6.07) is 0. The number of amides is 1. The molecule has 2 N–H and O–H groups in total. The molecule has 0 spiro atoms. The van der Waals surface area contributed by atoms with Crippen LogP contribution in [-0.2, 0) is 9.53 Å². The fourth-order valence-electron chi connectivity index (χ4n) is 0.933. The lowest BCUT2D eigenvalue weighted by Gasteiger charge is -2.28. The Morgan fingerprint density at radius 2 is 2.27 bits per heavy atom. The van der Waals surface area contributed by atoms with Crippen molar-refractivity contribution in [3.63, 3.8) is 0 Å². The van der Waals surface area contributed by atoms with Crippen molar-refractivity contribution in [2.75, 3.05) is 11.5 Å². The Balaban J connectivity index is 2.62. The molecule has 0 aromatic carbocycles. The van der Waals surface area contributed by atoms with Crippen LogP contribution in [0.3, 0.4) is 0 Å². The van der Waals surface area contributed by atoms with Gasteiger partial charge in [-0.05, 0) is 0 Å². The van der Waals surface area contributed by atoms with Crippen LogP contribution in [0.2, 0.25) is 0 Å². The number of carboxylic acid groups (broad SMARTS) is 1. The van der Waals surface area contributed by atoms with E-state index in [0.717, 1.165) is 0 Å². The molecule has 0 radical (unpaired) electrons. The Morgan fingerprint density at radius 3 is 2.87 bits per heavy atom. The third kappa shape index (κ3) is 3.83. The Labute approximate surface area is 95.7 Å². The van der Waals surface area contributed by atoms with Gasteiger partial charge in [-0.1, -0.05) is 35.4 Å². The van der Waals surface area contributed by atoms with Crippen LogP contribution in [0.5, 0.6) is 0 Å². The van der Waals surface area contributed by atoms with E-state index in [4.69, 9.17) is 5.11 Å². The largest absolute Gasteiger partial charge is 0.507 e. The molecule has 1 saturated heterocycles. The molecule has 0 aromatic heterocycles. The third-order valence-corrected chi connectivity index (χ3v) is 4.58. The van der Waals surface area contributed by atoms with Crippen molar-refractivity contribution in [1.82, 2.24) is 5.32 Å². The lowest BCUT2D eigenvalue weighted by Crippen LogP contribution is -2.47. The summed E-state index contributed by atoms with van der Waals surface area (Å²) in [6.45, 7) is 3.64. The van der Waals surface area contributed by atoms with E-state index in [0.29, 0.717) is 11.5 Å². The van der Waals surface area contributed by atoms with Gasteiger partial charge in [0.15, 0.2) is 6.23 Å². The zero-order valence-corrected chi connectivity index (χ0v) is 10.1. The minimum atomic E-state index is -1.37. The van der Waals surface area contributed by atoms with Crippen molar-refractivity contribution in [1.29, 1.82) is 0 Å². The van der Waals surface area contributed by atoms with Crippen LogP contribution in [-0.4, -0.2) is 34.9 Å². The van der Waals surface area contributed by atoms with Crippen LogP contribution in [0.1, 0.15) is 13.8 Å². The average Bonchev–Trinajstić information content (AvgIpc) is 2.09. The second kappa shape index (κ2) is 4.98. The first-order chi connectivity index (χ1) is 6.92. The quantitative estimate of drug-likeness (QED) is 0.544. The van der Waals surface area contributed by atoms with Gasteiger partial charge in [-0.15, -0.1) is 0 Å². The van der Waals surface area contributed by atoms with Gasteiger partial charge in [0, 0.05) is 5.75 Å². The zero-order chi connectivity index (χ0) is 11.5.